The minimum absolute atomic E-state index is 0.635. The second-order valence-electron chi connectivity index (χ2n) is 8.12. The van der Waals surface area contributed by atoms with Gasteiger partial charge in [0.15, 0.2) is 0 Å². The van der Waals surface area contributed by atoms with Crippen molar-refractivity contribution in [3.63, 3.8) is 0 Å². The Bertz CT molecular complexity index is 775. The van der Waals surface area contributed by atoms with Gasteiger partial charge in [-0.15, -0.1) is 0 Å². The monoisotopic (exact) mass is 352 g/mol. The van der Waals surface area contributed by atoms with E-state index in [-0.39, 0.29) is 0 Å². The third kappa shape index (κ3) is 3.03. The highest BCUT2D eigenvalue weighted by Crippen LogP contribution is 2.48. The van der Waals surface area contributed by atoms with Crippen LogP contribution in [0.15, 0.2) is 52.3 Å². The van der Waals surface area contributed by atoms with Crippen LogP contribution in [-0.2, 0) is 6.42 Å². The van der Waals surface area contributed by atoms with Gasteiger partial charge in [0.2, 0.25) is 0 Å². The zero-order chi connectivity index (χ0) is 16.8. The van der Waals surface area contributed by atoms with E-state index in [1.807, 2.05) is 16.7 Å². The van der Waals surface area contributed by atoms with E-state index >= 15 is 0 Å². The van der Waals surface area contributed by atoms with E-state index in [2.05, 4.69) is 49.5 Å². The van der Waals surface area contributed by atoms with Gasteiger partial charge >= 0.3 is 0 Å². The Labute approximate surface area is 155 Å². The maximum atomic E-state index is 2.43. The van der Waals surface area contributed by atoms with Crippen molar-refractivity contribution in [1.29, 1.82) is 0 Å². The molecule has 0 aromatic heterocycles. The number of hydrogen-bond acceptors (Lipinski definition) is 1. The number of piperazine rings is 1. The minimum Gasteiger partial charge on any atom is -0.328 e. The molecule has 0 bridgehead atoms. The molecule has 2 fully saturated rings. The Hall–Kier alpha value is -1.29. The lowest BCUT2D eigenvalue weighted by atomic mass is 9.91. The molecule has 3 heteroatoms. The molecule has 0 spiro atoms. The van der Waals surface area contributed by atoms with Gasteiger partial charge in [-0.2, -0.15) is 0 Å². The number of rotatable bonds is 2. The Morgan fingerprint density at radius 1 is 0.880 bits per heavy atom. The number of fused-ring (bicyclic) bond motifs is 2. The molecule has 0 unspecified atom stereocenters. The molecule has 2 aromatic rings. The molecule has 5 rings (SSSR count). The van der Waals surface area contributed by atoms with E-state index in [4.69, 9.17) is 0 Å². The van der Waals surface area contributed by atoms with Crippen LogP contribution in [0.4, 0.5) is 0 Å². The van der Waals surface area contributed by atoms with Crippen LogP contribution in [0.25, 0.3) is 0 Å². The van der Waals surface area contributed by atoms with Gasteiger partial charge in [-0.05, 0) is 42.0 Å². The molecular weight excluding hydrogens is 324 g/mol. The van der Waals surface area contributed by atoms with Gasteiger partial charge in [0, 0.05) is 21.8 Å². The zero-order valence-corrected chi connectivity index (χ0v) is 15.9. The van der Waals surface area contributed by atoms with Crippen molar-refractivity contribution in [3.05, 3.63) is 59.2 Å². The first-order chi connectivity index (χ1) is 12.3. The summed E-state index contributed by atoms with van der Waals surface area (Å²) in [4.78, 5) is 6.51. The normalized spacial score (nSPS) is 28.8. The Morgan fingerprint density at radius 3 is 2.44 bits per heavy atom. The molecule has 2 aromatic carbocycles. The summed E-state index contributed by atoms with van der Waals surface area (Å²) >= 11 is 2.01. The summed E-state index contributed by atoms with van der Waals surface area (Å²) in [5.74, 6) is 0.830. The third-order valence-corrected chi connectivity index (χ3v) is 7.51. The van der Waals surface area contributed by atoms with Crippen molar-refractivity contribution in [3.8, 4) is 0 Å². The van der Waals surface area contributed by atoms with Crippen molar-refractivity contribution in [2.45, 2.75) is 41.0 Å². The van der Waals surface area contributed by atoms with E-state index in [0.717, 1.165) is 5.92 Å². The van der Waals surface area contributed by atoms with Gasteiger partial charge in [-0.3, -0.25) is 0 Å². The highest BCUT2D eigenvalue weighted by atomic mass is 32.2. The molecular formula is C22H28N2S+2. The fourth-order valence-electron chi connectivity index (χ4n) is 4.68. The fourth-order valence-corrected chi connectivity index (χ4v) is 5.86. The average Bonchev–Trinajstić information content (AvgIpc) is 3.48. The molecule has 1 saturated carbocycles. The van der Waals surface area contributed by atoms with Crippen LogP contribution in [0, 0.1) is 0 Å². The average molecular weight is 353 g/mol. The van der Waals surface area contributed by atoms with Gasteiger partial charge in [0.25, 0.3) is 0 Å². The predicted molar refractivity (Wildman–Crippen MR) is 103 cm³/mol. The molecule has 130 valence electrons. The summed E-state index contributed by atoms with van der Waals surface area (Å²) < 4.78 is 0. The lowest BCUT2D eigenvalue weighted by molar-refractivity contribution is -1.02. The summed E-state index contributed by atoms with van der Waals surface area (Å²) in [5.41, 5.74) is 4.91. The van der Waals surface area contributed by atoms with E-state index < -0.39 is 0 Å². The zero-order valence-electron chi connectivity index (χ0n) is 15.1. The minimum atomic E-state index is 0.635. The molecule has 2 nitrogen and oxygen atoms in total. The van der Waals surface area contributed by atoms with E-state index in [1.54, 1.807) is 21.6 Å². The van der Waals surface area contributed by atoms with Crippen molar-refractivity contribution in [1.82, 2.24) is 0 Å². The topological polar surface area (TPSA) is 8.88 Å². The molecule has 0 amide bonds. The van der Waals surface area contributed by atoms with Gasteiger partial charge < -0.3 is 9.80 Å². The molecule has 1 atom stereocenters. The second-order valence-corrected chi connectivity index (χ2v) is 9.20. The van der Waals surface area contributed by atoms with Crippen molar-refractivity contribution < 1.29 is 9.80 Å². The van der Waals surface area contributed by atoms with Gasteiger partial charge in [-0.1, -0.05) is 42.1 Å². The van der Waals surface area contributed by atoms with E-state index in [1.165, 1.54) is 55.2 Å². The lowest BCUT2D eigenvalue weighted by Gasteiger charge is -2.34. The molecule has 0 radical (unpaired) electrons. The van der Waals surface area contributed by atoms with Crippen molar-refractivity contribution >= 4 is 11.8 Å². The van der Waals surface area contributed by atoms with Gasteiger partial charge in [0.05, 0.1) is 7.05 Å². The van der Waals surface area contributed by atoms with Crippen LogP contribution in [0.1, 0.15) is 41.5 Å². The van der Waals surface area contributed by atoms with Crippen LogP contribution in [0.5, 0.6) is 0 Å². The fraction of sp³-hybridized carbons (Fsp3) is 0.455. The first-order valence-electron chi connectivity index (χ1n) is 9.84. The quantitative estimate of drug-likeness (QED) is 0.837. The molecule has 2 N–H and O–H groups in total. The summed E-state index contributed by atoms with van der Waals surface area (Å²) in [6.45, 7) is 5.23. The summed E-state index contributed by atoms with van der Waals surface area (Å²) in [6, 6.07) is 16.8. The Balaban J connectivity index is 1.61. The van der Waals surface area contributed by atoms with Gasteiger partial charge in [-0.25, -0.2) is 0 Å². The SMILES string of the molecule is C[NH+]1CC[NH+]([C@H]2Cc3ccccc3Sc3cccc(C4CC4)c32)CC1. The smallest absolute Gasteiger partial charge is 0.127 e. The molecule has 2 heterocycles. The highest BCUT2D eigenvalue weighted by molar-refractivity contribution is 7.99. The van der Waals surface area contributed by atoms with Crippen LogP contribution < -0.4 is 9.80 Å². The second kappa shape index (κ2) is 6.46. The summed E-state index contributed by atoms with van der Waals surface area (Å²) in [5, 5.41) is 0. The van der Waals surface area contributed by atoms with E-state index in [9.17, 15) is 0 Å². The molecule has 1 aliphatic carbocycles. The van der Waals surface area contributed by atoms with Crippen LogP contribution >= 0.6 is 11.8 Å². The van der Waals surface area contributed by atoms with Crippen LogP contribution in [0.3, 0.4) is 0 Å². The third-order valence-electron chi connectivity index (χ3n) is 6.32. The molecule has 25 heavy (non-hydrogen) atoms. The first kappa shape index (κ1) is 15.9. The number of hydrogen-bond donors (Lipinski definition) is 2. The summed E-state index contributed by atoms with van der Waals surface area (Å²) in [7, 11) is 2.35. The number of likely N-dealkylation sites (N-methyl/N-ethyl adjacent to an activating group) is 1. The highest BCUT2D eigenvalue weighted by Gasteiger charge is 2.38. The largest absolute Gasteiger partial charge is 0.328 e. The predicted octanol–water partition coefficient (Wildman–Crippen LogP) is 1.73. The maximum Gasteiger partial charge on any atom is 0.127 e. The van der Waals surface area contributed by atoms with E-state index in [0.29, 0.717) is 6.04 Å². The Kier molecular flexibility index (Phi) is 4.11. The van der Waals surface area contributed by atoms with Crippen LogP contribution in [-0.4, -0.2) is 33.2 Å². The Morgan fingerprint density at radius 2 is 1.64 bits per heavy atom. The van der Waals surface area contributed by atoms with Crippen molar-refractivity contribution in [2.75, 3.05) is 33.2 Å². The molecule has 3 aliphatic rings. The number of benzene rings is 2. The lowest BCUT2D eigenvalue weighted by Crippen LogP contribution is -3.27. The maximum absolute atomic E-state index is 2.43. The first-order valence-corrected chi connectivity index (χ1v) is 10.7. The standard InChI is InChI=1S/C22H26N2S/c1-23-11-13-24(14-12-23)19-15-17-5-2-3-7-20(17)25-21-8-4-6-18(22(19)21)16-9-10-16/h2-8,16,19H,9-15H2,1H3/p+2/t19-/m0/s1. The number of nitrogens with one attached hydrogen (secondary N) is 2. The molecule has 1 saturated heterocycles. The van der Waals surface area contributed by atoms with Crippen molar-refractivity contribution in [2.24, 2.45) is 0 Å². The van der Waals surface area contributed by atoms with Gasteiger partial charge in [0.1, 0.15) is 32.2 Å². The molecule has 2 aliphatic heterocycles. The van der Waals surface area contributed by atoms with Crippen LogP contribution in [0.2, 0.25) is 0 Å². The number of quaternary nitrogens is 2. The summed E-state index contributed by atoms with van der Waals surface area (Å²) in [6.07, 6.45) is 3.99.